The molecule has 2 N–H and O–H groups in total. The largest absolute Gasteiger partial charge is 0.504 e. The lowest BCUT2D eigenvalue weighted by molar-refractivity contribution is -0.114. The lowest BCUT2D eigenvalue weighted by atomic mass is 10.2. The molecule has 9 nitrogen and oxygen atoms in total. The van der Waals surface area contributed by atoms with E-state index >= 15 is 0 Å². The third-order valence-electron chi connectivity index (χ3n) is 3.17. The van der Waals surface area contributed by atoms with Gasteiger partial charge in [0.1, 0.15) is 5.69 Å². The molecule has 3 aromatic rings. The van der Waals surface area contributed by atoms with Crippen LogP contribution in [0.15, 0.2) is 45.7 Å². The Bertz CT molecular complexity index is 1010. The van der Waals surface area contributed by atoms with Gasteiger partial charge >= 0.3 is 0 Å². The molecule has 1 aromatic carbocycles. The number of fused-ring (bicyclic) bond motifs is 1. The maximum atomic E-state index is 11.3. The average molecular weight is 370 g/mol. The molecule has 26 heavy (non-hydrogen) atoms. The van der Waals surface area contributed by atoms with Crippen LogP contribution in [0.25, 0.3) is 11.0 Å². The topological polar surface area (TPSA) is 121 Å². The number of phenolic OH excluding ortho intramolecular Hbond substituents is 1. The Morgan fingerprint density at radius 1 is 1.38 bits per heavy atom. The fourth-order valence-corrected chi connectivity index (χ4v) is 2.76. The molecule has 0 fully saturated rings. The zero-order valence-corrected chi connectivity index (χ0v) is 14.7. The third-order valence-corrected chi connectivity index (χ3v) is 3.91. The first-order chi connectivity index (χ1) is 12.6. The molecular formula is C16H14N6O3S. The molecule has 0 saturated heterocycles. The number of phenols is 1. The number of hydrogen-bond donors (Lipinski definition) is 2. The van der Waals surface area contributed by atoms with E-state index in [1.54, 1.807) is 12.3 Å². The molecule has 0 radical (unpaired) electrons. The molecule has 0 unspecified atom stereocenters. The Hall–Kier alpha value is -3.40. The number of amides is 1. The van der Waals surface area contributed by atoms with Gasteiger partial charge in [0, 0.05) is 13.1 Å². The molecule has 132 valence electrons. The first-order valence-corrected chi connectivity index (χ1v) is 8.18. The summed E-state index contributed by atoms with van der Waals surface area (Å²) in [6, 6.07) is 6.66. The smallest absolute Gasteiger partial charge is 0.221 e. The summed E-state index contributed by atoms with van der Waals surface area (Å²) in [6.07, 6.45) is 2.82. The Morgan fingerprint density at radius 3 is 3.00 bits per heavy atom. The number of rotatable bonds is 5. The van der Waals surface area contributed by atoms with Crippen molar-refractivity contribution in [3.8, 4) is 5.75 Å². The SMILES string of the molecule is CO/C=N/c1cc(/N=N/c2snc3ncccc23)cc(NC(C)=O)c1O. The van der Waals surface area contributed by atoms with E-state index in [9.17, 15) is 9.90 Å². The van der Waals surface area contributed by atoms with Gasteiger partial charge in [-0.25, -0.2) is 9.98 Å². The maximum absolute atomic E-state index is 11.3. The number of benzene rings is 1. The second kappa shape index (κ2) is 7.66. The molecule has 2 aromatic heterocycles. The molecule has 1 amide bonds. The summed E-state index contributed by atoms with van der Waals surface area (Å²) in [5.41, 5.74) is 1.35. The molecule has 0 saturated carbocycles. The van der Waals surface area contributed by atoms with Crippen LogP contribution in [-0.4, -0.2) is 33.9 Å². The molecular weight excluding hydrogens is 356 g/mol. The predicted molar refractivity (Wildman–Crippen MR) is 99.2 cm³/mol. The molecule has 0 atom stereocenters. The fourth-order valence-electron chi connectivity index (χ4n) is 2.10. The molecule has 0 aliphatic rings. The van der Waals surface area contributed by atoms with Crippen molar-refractivity contribution in [2.24, 2.45) is 15.2 Å². The monoisotopic (exact) mass is 370 g/mol. The van der Waals surface area contributed by atoms with Crippen molar-refractivity contribution in [2.45, 2.75) is 6.92 Å². The minimum Gasteiger partial charge on any atom is -0.504 e. The van der Waals surface area contributed by atoms with E-state index in [0.29, 0.717) is 16.3 Å². The van der Waals surface area contributed by atoms with Crippen LogP contribution in [0.2, 0.25) is 0 Å². The quantitative estimate of drug-likeness (QED) is 0.303. The van der Waals surface area contributed by atoms with Crippen molar-refractivity contribution in [1.82, 2.24) is 9.36 Å². The van der Waals surface area contributed by atoms with E-state index in [0.717, 1.165) is 11.8 Å². The van der Waals surface area contributed by atoms with Gasteiger partial charge < -0.3 is 15.2 Å². The van der Waals surface area contributed by atoms with Gasteiger partial charge in [-0.15, -0.1) is 10.2 Å². The van der Waals surface area contributed by atoms with E-state index in [2.05, 4.69) is 29.9 Å². The van der Waals surface area contributed by atoms with Crippen LogP contribution in [0, 0.1) is 0 Å². The summed E-state index contributed by atoms with van der Waals surface area (Å²) >= 11 is 1.18. The van der Waals surface area contributed by atoms with Gasteiger partial charge in [0.2, 0.25) is 5.91 Å². The van der Waals surface area contributed by atoms with Gasteiger partial charge in [0.15, 0.2) is 22.8 Å². The minimum atomic E-state index is -0.337. The molecule has 0 bridgehead atoms. The molecule has 0 spiro atoms. The number of hydrogen-bond acceptors (Lipinski definition) is 9. The number of ether oxygens (including phenoxy) is 1. The van der Waals surface area contributed by atoms with Gasteiger partial charge in [-0.1, -0.05) is 0 Å². The number of aromatic nitrogens is 2. The van der Waals surface area contributed by atoms with E-state index in [-0.39, 0.29) is 23.0 Å². The van der Waals surface area contributed by atoms with Crippen LogP contribution >= 0.6 is 11.5 Å². The van der Waals surface area contributed by atoms with Crippen molar-refractivity contribution in [3.05, 3.63) is 30.5 Å². The number of anilines is 1. The zero-order valence-electron chi connectivity index (χ0n) is 13.9. The number of methoxy groups -OCH3 is 1. The van der Waals surface area contributed by atoms with Crippen molar-refractivity contribution >= 4 is 56.9 Å². The number of aliphatic imine (C=N–C) groups is 1. The standard InChI is InChI=1S/C16H14N6O3S/c1-9(23)19-13-7-10(6-12(14(13)24)18-8-25-2)20-21-16-11-4-3-5-17-15(11)22-26-16/h3-8,24H,1-2H3,(H,19,23)/b18-8+,21-20+. The summed E-state index contributed by atoms with van der Waals surface area (Å²) in [6.45, 7) is 1.34. The van der Waals surface area contributed by atoms with Gasteiger partial charge in [-0.05, 0) is 35.8 Å². The molecule has 0 aliphatic heterocycles. The number of azo groups is 1. The summed E-state index contributed by atoms with van der Waals surface area (Å²) in [5, 5.41) is 22.5. The summed E-state index contributed by atoms with van der Waals surface area (Å²) < 4.78 is 8.97. The number of pyridine rings is 1. The normalized spacial score (nSPS) is 11.5. The zero-order chi connectivity index (χ0) is 18.5. The van der Waals surface area contributed by atoms with Gasteiger partial charge in [-0.3, -0.25) is 4.79 Å². The number of nitrogens with zero attached hydrogens (tertiary/aromatic N) is 5. The van der Waals surface area contributed by atoms with Crippen LogP contribution in [0.5, 0.6) is 5.75 Å². The maximum Gasteiger partial charge on any atom is 0.221 e. The van der Waals surface area contributed by atoms with Crippen LogP contribution in [0.3, 0.4) is 0 Å². The average Bonchev–Trinajstić information content (AvgIpc) is 3.04. The van der Waals surface area contributed by atoms with Crippen molar-refractivity contribution in [2.75, 3.05) is 12.4 Å². The summed E-state index contributed by atoms with van der Waals surface area (Å²) in [4.78, 5) is 19.5. The van der Waals surface area contributed by atoms with Gasteiger partial charge in [0.25, 0.3) is 0 Å². The highest BCUT2D eigenvalue weighted by Gasteiger charge is 2.11. The van der Waals surface area contributed by atoms with Crippen LogP contribution in [0.4, 0.5) is 22.1 Å². The van der Waals surface area contributed by atoms with Gasteiger partial charge in [-0.2, -0.15) is 4.37 Å². The van der Waals surface area contributed by atoms with Gasteiger partial charge in [0.05, 0.1) is 23.9 Å². The number of aromatic hydroxyl groups is 1. The first kappa shape index (κ1) is 17.4. The highest BCUT2D eigenvalue weighted by atomic mass is 32.1. The van der Waals surface area contributed by atoms with Crippen LogP contribution in [0.1, 0.15) is 6.92 Å². The number of nitrogens with one attached hydrogen (secondary N) is 1. The van der Waals surface area contributed by atoms with Crippen molar-refractivity contribution in [3.63, 3.8) is 0 Å². The molecule has 10 heteroatoms. The summed E-state index contributed by atoms with van der Waals surface area (Å²) in [5.74, 6) is -0.532. The summed E-state index contributed by atoms with van der Waals surface area (Å²) in [7, 11) is 1.43. The first-order valence-electron chi connectivity index (χ1n) is 7.40. The Morgan fingerprint density at radius 2 is 2.23 bits per heavy atom. The lowest BCUT2D eigenvalue weighted by Crippen LogP contribution is -2.05. The fraction of sp³-hybridized carbons (Fsp3) is 0.125. The van der Waals surface area contributed by atoms with E-state index in [4.69, 9.17) is 4.74 Å². The molecule has 3 rings (SSSR count). The Labute approximate surface area is 152 Å². The predicted octanol–water partition coefficient (Wildman–Crippen LogP) is 4.08. The number of carbonyl (C=O) groups is 1. The Balaban J connectivity index is 2.00. The Kier molecular flexibility index (Phi) is 5.13. The van der Waals surface area contributed by atoms with Crippen molar-refractivity contribution < 1.29 is 14.6 Å². The van der Waals surface area contributed by atoms with Crippen LogP contribution < -0.4 is 5.32 Å². The van der Waals surface area contributed by atoms with Crippen molar-refractivity contribution in [1.29, 1.82) is 0 Å². The lowest BCUT2D eigenvalue weighted by Gasteiger charge is -2.08. The third kappa shape index (κ3) is 3.81. The molecule has 2 heterocycles. The van der Waals surface area contributed by atoms with E-state index in [1.165, 1.54) is 37.7 Å². The van der Waals surface area contributed by atoms with Crippen LogP contribution in [-0.2, 0) is 9.53 Å². The molecule has 0 aliphatic carbocycles. The van der Waals surface area contributed by atoms with E-state index < -0.39 is 0 Å². The van der Waals surface area contributed by atoms with E-state index in [1.807, 2.05) is 6.07 Å². The second-order valence-electron chi connectivity index (χ2n) is 5.07. The number of carbonyl (C=O) groups excluding carboxylic acids is 1. The highest BCUT2D eigenvalue weighted by molar-refractivity contribution is 7.11. The highest BCUT2D eigenvalue weighted by Crippen LogP contribution is 2.39. The minimum absolute atomic E-state index is 0.174. The second-order valence-corrected chi connectivity index (χ2v) is 5.83.